The molecule has 0 bridgehead atoms. The molecule has 0 aliphatic heterocycles. The molecule has 1 heterocycles. The molecule has 0 spiro atoms. The third kappa shape index (κ3) is 2.95. The van der Waals surface area contributed by atoms with Gasteiger partial charge in [-0.05, 0) is 28.1 Å². The Morgan fingerprint density at radius 3 is 2.63 bits per heavy atom. The lowest BCUT2D eigenvalue weighted by Crippen LogP contribution is -1.95. The Morgan fingerprint density at radius 2 is 2.00 bits per heavy atom. The van der Waals surface area contributed by atoms with Gasteiger partial charge in [0.2, 0.25) is 0 Å². The third-order valence-corrected chi connectivity index (χ3v) is 2.91. The quantitative estimate of drug-likeness (QED) is 0.940. The standard InChI is InChI=1S/C13H10BrN3O2/c1-18-9-2-8(5-15)3-10(4-9)19-13-11(14)6-17-7-12(13)16/h2-4,6-7H,16H2,1H3. The number of nitriles is 1. The minimum Gasteiger partial charge on any atom is -0.497 e. The van der Waals surface area contributed by atoms with Gasteiger partial charge in [0.05, 0.1) is 35.1 Å². The van der Waals surface area contributed by atoms with Crippen LogP contribution in [0, 0.1) is 11.3 Å². The van der Waals surface area contributed by atoms with Crippen molar-refractivity contribution in [3.63, 3.8) is 0 Å². The summed E-state index contributed by atoms with van der Waals surface area (Å²) in [7, 11) is 1.52. The van der Waals surface area contributed by atoms with Gasteiger partial charge in [-0.25, -0.2) is 0 Å². The molecular formula is C13H10BrN3O2. The summed E-state index contributed by atoms with van der Waals surface area (Å²) in [5.74, 6) is 1.46. The van der Waals surface area contributed by atoms with Gasteiger partial charge in [-0.2, -0.15) is 5.26 Å². The molecule has 5 nitrogen and oxygen atoms in total. The van der Waals surface area contributed by atoms with Crippen LogP contribution in [0.5, 0.6) is 17.2 Å². The van der Waals surface area contributed by atoms with E-state index in [0.29, 0.717) is 33.0 Å². The van der Waals surface area contributed by atoms with Gasteiger partial charge in [0.25, 0.3) is 0 Å². The summed E-state index contributed by atoms with van der Waals surface area (Å²) in [4.78, 5) is 3.92. The SMILES string of the molecule is COc1cc(C#N)cc(Oc2c(N)cncc2Br)c1. The van der Waals surface area contributed by atoms with Crippen LogP contribution in [-0.4, -0.2) is 12.1 Å². The molecule has 2 aromatic rings. The molecule has 96 valence electrons. The van der Waals surface area contributed by atoms with Crippen molar-refractivity contribution in [2.75, 3.05) is 12.8 Å². The van der Waals surface area contributed by atoms with E-state index in [4.69, 9.17) is 20.5 Å². The van der Waals surface area contributed by atoms with Crippen molar-refractivity contribution in [2.45, 2.75) is 0 Å². The topological polar surface area (TPSA) is 81.2 Å². The number of anilines is 1. The first-order valence-electron chi connectivity index (χ1n) is 5.30. The van der Waals surface area contributed by atoms with E-state index >= 15 is 0 Å². The Kier molecular flexibility index (Phi) is 3.88. The second-order valence-corrected chi connectivity index (χ2v) is 4.51. The van der Waals surface area contributed by atoms with E-state index in [1.165, 1.54) is 13.3 Å². The average molecular weight is 320 g/mol. The van der Waals surface area contributed by atoms with Crippen LogP contribution in [0.3, 0.4) is 0 Å². The van der Waals surface area contributed by atoms with Gasteiger partial charge in [-0.15, -0.1) is 0 Å². The highest BCUT2D eigenvalue weighted by Crippen LogP contribution is 2.35. The van der Waals surface area contributed by atoms with Crippen molar-refractivity contribution >= 4 is 21.6 Å². The number of nitrogen functional groups attached to an aromatic ring is 1. The summed E-state index contributed by atoms with van der Waals surface area (Å²) >= 11 is 3.31. The fraction of sp³-hybridized carbons (Fsp3) is 0.0769. The number of hydrogen-bond donors (Lipinski definition) is 1. The Morgan fingerprint density at radius 1 is 1.26 bits per heavy atom. The van der Waals surface area contributed by atoms with E-state index in [9.17, 15) is 0 Å². The van der Waals surface area contributed by atoms with Gasteiger partial charge in [0.1, 0.15) is 11.5 Å². The summed E-state index contributed by atoms with van der Waals surface area (Å²) in [6, 6.07) is 6.94. The number of benzene rings is 1. The number of methoxy groups -OCH3 is 1. The van der Waals surface area contributed by atoms with Gasteiger partial charge in [0, 0.05) is 12.3 Å². The van der Waals surface area contributed by atoms with Crippen molar-refractivity contribution in [2.24, 2.45) is 0 Å². The van der Waals surface area contributed by atoms with Crippen LogP contribution in [0.1, 0.15) is 5.56 Å². The largest absolute Gasteiger partial charge is 0.497 e. The highest BCUT2D eigenvalue weighted by Gasteiger charge is 2.09. The van der Waals surface area contributed by atoms with Crippen molar-refractivity contribution in [3.05, 3.63) is 40.6 Å². The van der Waals surface area contributed by atoms with Crippen LogP contribution in [0.2, 0.25) is 0 Å². The lowest BCUT2D eigenvalue weighted by molar-refractivity contribution is 0.408. The number of aromatic nitrogens is 1. The maximum absolute atomic E-state index is 8.95. The smallest absolute Gasteiger partial charge is 0.167 e. The number of nitrogens with zero attached hydrogens (tertiary/aromatic N) is 2. The van der Waals surface area contributed by atoms with Crippen LogP contribution in [0.15, 0.2) is 35.1 Å². The molecular weight excluding hydrogens is 310 g/mol. The lowest BCUT2D eigenvalue weighted by atomic mass is 10.2. The van der Waals surface area contributed by atoms with Gasteiger partial charge in [-0.1, -0.05) is 0 Å². The Hall–Kier alpha value is -2.26. The summed E-state index contributed by atoms with van der Waals surface area (Å²) in [6.07, 6.45) is 3.07. The average Bonchev–Trinajstić information content (AvgIpc) is 2.42. The highest BCUT2D eigenvalue weighted by molar-refractivity contribution is 9.10. The minimum absolute atomic E-state index is 0.399. The summed E-state index contributed by atoms with van der Waals surface area (Å²) < 4.78 is 11.4. The van der Waals surface area contributed by atoms with Gasteiger partial charge < -0.3 is 15.2 Å². The molecule has 0 amide bonds. The molecule has 1 aromatic heterocycles. The zero-order valence-corrected chi connectivity index (χ0v) is 11.6. The van der Waals surface area contributed by atoms with Gasteiger partial charge in [0.15, 0.2) is 5.75 Å². The molecule has 0 fully saturated rings. The van der Waals surface area contributed by atoms with Crippen LogP contribution < -0.4 is 15.2 Å². The van der Waals surface area contributed by atoms with Crippen molar-refractivity contribution in [1.82, 2.24) is 4.98 Å². The molecule has 0 saturated heterocycles. The molecule has 0 unspecified atom stereocenters. The van der Waals surface area contributed by atoms with Gasteiger partial charge in [-0.3, -0.25) is 4.98 Å². The third-order valence-electron chi connectivity index (χ3n) is 2.35. The predicted molar refractivity (Wildman–Crippen MR) is 74.1 cm³/mol. The first kappa shape index (κ1) is 13.2. The Balaban J connectivity index is 2.41. The maximum atomic E-state index is 8.95. The number of rotatable bonds is 3. The zero-order chi connectivity index (χ0) is 13.8. The number of ether oxygens (including phenoxy) is 2. The van der Waals surface area contributed by atoms with Crippen LogP contribution in [0.25, 0.3) is 0 Å². The molecule has 19 heavy (non-hydrogen) atoms. The number of halogens is 1. The normalized spacial score (nSPS) is 9.74. The van der Waals surface area contributed by atoms with Crippen molar-refractivity contribution in [1.29, 1.82) is 5.26 Å². The maximum Gasteiger partial charge on any atom is 0.167 e. The molecule has 0 atom stereocenters. The predicted octanol–water partition coefficient (Wildman–Crippen LogP) is 3.10. The van der Waals surface area contributed by atoms with E-state index in [0.717, 1.165) is 0 Å². The summed E-state index contributed by atoms with van der Waals surface area (Å²) in [6.45, 7) is 0. The highest BCUT2D eigenvalue weighted by atomic mass is 79.9. The summed E-state index contributed by atoms with van der Waals surface area (Å²) in [5, 5.41) is 8.95. The number of hydrogen-bond acceptors (Lipinski definition) is 5. The second-order valence-electron chi connectivity index (χ2n) is 3.65. The number of nitrogens with two attached hydrogens (primary N) is 1. The minimum atomic E-state index is 0.399. The van der Waals surface area contributed by atoms with E-state index in [-0.39, 0.29) is 0 Å². The van der Waals surface area contributed by atoms with E-state index < -0.39 is 0 Å². The molecule has 1 aromatic carbocycles. The zero-order valence-electron chi connectivity index (χ0n) is 10.1. The fourth-order valence-corrected chi connectivity index (χ4v) is 1.90. The molecule has 2 rings (SSSR count). The van der Waals surface area contributed by atoms with Crippen LogP contribution in [0.4, 0.5) is 5.69 Å². The van der Waals surface area contributed by atoms with Crippen molar-refractivity contribution < 1.29 is 9.47 Å². The van der Waals surface area contributed by atoms with Crippen molar-refractivity contribution in [3.8, 4) is 23.3 Å². The molecule has 6 heteroatoms. The first-order valence-corrected chi connectivity index (χ1v) is 6.09. The lowest BCUT2D eigenvalue weighted by Gasteiger charge is -2.11. The fourth-order valence-electron chi connectivity index (χ4n) is 1.48. The Labute approximate surface area is 118 Å². The molecule has 0 saturated carbocycles. The second kappa shape index (κ2) is 5.59. The monoisotopic (exact) mass is 319 g/mol. The van der Waals surface area contributed by atoms with E-state index in [1.54, 1.807) is 24.4 Å². The van der Waals surface area contributed by atoms with E-state index in [2.05, 4.69) is 20.9 Å². The molecule has 0 aliphatic rings. The molecule has 0 aliphatic carbocycles. The van der Waals surface area contributed by atoms with Crippen LogP contribution in [-0.2, 0) is 0 Å². The van der Waals surface area contributed by atoms with Crippen LogP contribution >= 0.6 is 15.9 Å². The Bertz CT molecular complexity index is 633. The van der Waals surface area contributed by atoms with Gasteiger partial charge >= 0.3 is 0 Å². The molecule has 0 radical (unpaired) electrons. The summed E-state index contributed by atoms with van der Waals surface area (Å²) in [5.41, 5.74) is 6.64. The molecule has 2 N–H and O–H groups in total. The van der Waals surface area contributed by atoms with E-state index in [1.807, 2.05) is 6.07 Å². The first-order chi connectivity index (χ1) is 9.13. The number of pyridine rings is 1.